The molecule has 0 saturated carbocycles. The normalized spacial score (nSPS) is 15.7. The Balaban J connectivity index is 1.94. The van der Waals surface area contributed by atoms with E-state index in [9.17, 15) is 19.4 Å². The smallest absolute Gasteiger partial charge is 0.308 e. The third-order valence-electron chi connectivity index (χ3n) is 5.77. The van der Waals surface area contributed by atoms with E-state index in [4.69, 9.17) is 9.72 Å². The highest BCUT2D eigenvalue weighted by Gasteiger charge is 2.26. The summed E-state index contributed by atoms with van der Waals surface area (Å²) in [7, 11) is 0. The first kappa shape index (κ1) is 21.1. The van der Waals surface area contributed by atoms with Gasteiger partial charge in [-0.2, -0.15) is 0 Å². The van der Waals surface area contributed by atoms with Gasteiger partial charge < -0.3 is 20.3 Å². The number of rotatable bonds is 6. The maximum absolute atomic E-state index is 13.7. The molecule has 0 bridgehead atoms. The van der Waals surface area contributed by atoms with Gasteiger partial charge in [-0.15, -0.1) is 0 Å². The summed E-state index contributed by atoms with van der Waals surface area (Å²) < 4.78 is 19.2. The number of anilines is 1. The zero-order chi connectivity index (χ0) is 22.0. The molecule has 1 saturated heterocycles. The molecule has 0 radical (unpaired) electrons. The maximum Gasteiger partial charge on any atom is 0.308 e. The second-order valence-corrected chi connectivity index (χ2v) is 7.96. The largest absolute Gasteiger partial charge is 0.508 e. The van der Waals surface area contributed by atoms with Crippen molar-refractivity contribution in [2.75, 3.05) is 25.1 Å². The number of aromatic hydroxyl groups is 1. The number of ether oxygens (including phenoxy) is 1. The molecule has 6 nitrogen and oxygen atoms in total. The van der Waals surface area contributed by atoms with E-state index in [1.54, 1.807) is 31.2 Å². The number of carboxylic acids is 1. The maximum atomic E-state index is 13.7. The quantitative estimate of drug-likeness (QED) is 0.528. The average Bonchev–Trinajstić information content (AvgIpc) is 2.77. The van der Waals surface area contributed by atoms with Gasteiger partial charge in [0, 0.05) is 36.8 Å². The van der Waals surface area contributed by atoms with Gasteiger partial charge in [-0.05, 0) is 54.2 Å². The predicted molar refractivity (Wildman–Crippen MR) is 117 cm³/mol. The fraction of sp³-hybridized carbons (Fsp3) is 0.333. The summed E-state index contributed by atoms with van der Waals surface area (Å²) >= 11 is 0. The van der Waals surface area contributed by atoms with Crippen LogP contribution in [0.2, 0.25) is 0 Å². The van der Waals surface area contributed by atoms with Crippen LogP contribution < -0.4 is 5.32 Å². The third kappa shape index (κ3) is 4.46. The van der Waals surface area contributed by atoms with Crippen LogP contribution >= 0.6 is 0 Å². The Morgan fingerprint density at radius 1 is 1.23 bits per heavy atom. The first-order valence-corrected chi connectivity index (χ1v) is 10.4. The zero-order valence-corrected chi connectivity index (χ0v) is 17.3. The van der Waals surface area contributed by atoms with Gasteiger partial charge in [0.25, 0.3) is 0 Å². The van der Waals surface area contributed by atoms with Crippen LogP contribution in [0.5, 0.6) is 5.75 Å². The molecule has 1 atom stereocenters. The van der Waals surface area contributed by atoms with Crippen LogP contribution in [0, 0.1) is 11.7 Å². The number of halogens is 1. The van der Waals surface area contributed by atoms with Crippen LogP contribution in [0.3, 0.4) is 0 Å². The number of nitrogens with one attached hydrogen (secondary N) is 1. The number of hydrogen-bond acceptors (Lipinski definition) is 5. The van der Waals surface area contributed by atoms with Crippen molar-refractivity contribution in [3.8, 4) is 16.9 Å². The van der Waals surface area contributed by atoms with Crippen LogP contribution in [0.1, 0.15) is 31.2 Å². The average molecular weight is 424 g/mol. The number of nitrogens with zero attached hydrogens (tertiary/aromatic N) is 1. The minimum Gasteiger partial charge on any atom is -0.508 e. The number of phenolic OH excluding ortho intramolecular Hbond substituents is 1. The molecule has 7 heteroatoms. The molecule has 0 aliphatic carbocycles. The molecular formula is C24H25FN2O4. The van der Waals surface area contributed by atoms with Crippen LogP contribution in [-0.2, 0) is 9.53 Å². The van der Waals surface area contributed by atoms with Crippen molar-refractivity contribution >= 4 is 22.7 Å². The van der Waals surface area contributed by atoms with E-state index in [0.29, 0.717) is 24.5 Å². The summed E-state index contributed by atoms with van der Waals surface area (Å²) in [5.41, 5.74) is 3.32. The van der Waals surface area contributed by atoms with E-state index < -0.39 is 11.9 Å². The lowest BCUT2D eigenvalue weighted by Crippen LogP contribution is -2.22. The number of pyridine rings is 1. The SMILES string of the molecule is CC(CNc1nc2cc(O)ccc2c(-c2ccc(F)cc2)c1C1CCOCC1)C(=O)O. The lowest BCUT2D eigenvalue weighted by molar-refractivity contribution is -0.140. The fourth-order valence-electron chi connectivity index (χ4n) is 4.05. The van der Waals surface area contributed by atoms with Gasteiger partial charge in [-0.3, -0.25) is 4.79 Å². The summed E-state index contributed by atoms with van der Waals surface area (Å²) in [5.74, 6) is -0.968. The molecule has 2 aromatic carbocycles. The molecule has 31 heavy (non-hydrogen) atoms. The molecule has 1 aromatic heterocycles. The molecule has 1 unspecified atom stereocenters. The minimum atomic E-state index is -0.891. The van der Waals surface area contributed by atoms with E-state index in [2.05, 4.69) is 5.32 Å². The summed E-state index contributed by atoms with van der Waals surface area (Å²) in [4.78, 5) is 16.1. The third-order valence-corrected chi connectivity index (χ3v) is 5.77. The van der Waals surface area contributed by atoms with Crippen molar-refractivity contribution in [2.24, 2.45) is 5.92 Å². The molecule has 1 aliphatic heterocycles. The number of hydrogen-bond donors (Lipinski definition) is 3. The highest BCUT2D eigenvalue weighted by Crippen LogP contribution is 2.43. The van der Waals surface area contributed by atoms with Crippen molar-refractivity contribution < 1.29 is 24.1 Å². The summed E-state index contributed by atoms with van der Waals surface area (Å²) in [6, 6.07) is 11.4. The van der Waals surface area contributed by atoms with Crippen molar-refractivity contribution in [2.45, 2.75) is 25.7 Å². The lowest BCUT2D eigenvalue weighted by Gasteiger charge is -2.28. The highest BCUT2D eigenvalue weighted by molar-refractivity contribution is 5.99. The van der Waals surface area contributed by atoms with E-state index in [-0.39, 0.29) is 24.0 Å². The van der Waals surface area contributed by atoms with Crippen molar-refractivity contribution in [3.05, 3.63) is 53.8 Å². The van der Waals surface area contributed by atoms with Crippen LogP contribution in [0.25, 0.3) is 22.0 Å². The molecule has 0 amide bonds. The van der Waals surface area contributed by atoms with Gasteiger partial charge in [0.1, 0.15) is 17.4 Å². The summed E-state index contributed by atoms with van der Waals surface area (Å²) in [6.45, 7) is 3.11. The van der Waals surface area contributed by atoms with Gasteiger partial charge in [0.05, 0.1) is 11.4 Å². The molecule has 162 valence electrons. The number of carbonyl (C=O) groups is 1. The number of phenols is 1. The van der Waals surface area contributed by atoms with E-state index in [0.717, 1.165) is 34.9 Å². The van der Waals surface area contributed by atoms with E-state index in [1.807, 2.05) is 6.07 Å². The van der Waals surface area contributed by atoms with E-state index in [1.165, 1.54) is 12.1 Å². The van der Waals surface area contributed by atoms with E-state index >= 15 is 0 Å². The Morgan fingerprint density at radius 2 is 1.94 bits per heavy atom. The molecule has 4 rings (SSSR count). The van der Waals surface area contributed by atoms with Crippen molar-refractivity contribution in [3.63, 3.8) is 0 Å². The number of benzene rings is 2. The Kier molecular flexibility index (Phi) is 6.04. The molecule has 3 aromatic rings. The number of aliphatic carboxylic acids is 1. The highest BCUT2D eigenvalue weighted by atomic mass is 19.1. The van der Waals surface area contributed by atoms with Crippen molar-refractivity contribution in [1.82, 2.24) is 4.98 Å². The second-order valence-electron chi connectivity index (χ2n) is 7.96. The fourth-order valence-corrected chi connectivity index (χ4v) is 4.05. The molecule has 2 heterocycles. The van der Waals surface area contributed by atoms with Crippen LogP contribution in [0.15, 0.2) is 42.5 Å². The van der Waals surface area contributed by atoms with Gasteiger partial charge in [-0.1, -0.05) is 19.1 Å². The Hall–Kier alpha value is -3.19. The van der Waals surface area contributed by atoms with Gasteiger partial charge >= 0.3 is 5.97 Å². The standard InChI is InChI=1S/C24H25FN2O4/c1-14(24(29)30)13-26-23-22(16-8-10-31-11-9-16)21(15-2-4-17(25)5-3-15)19-7-6-18(28)12-20(19)27-23/h2-7,12,14,16,28H,8-11,13H2,1H3,(H,26,27)(H,29,30). The van der Waals surface area contributed by atoms with Crippen molar-refractivity contribution in [1.29, 1.82) is 0 Å². The van der Waals surface area contributed by atoms with Gasteiger partial charge in [0.2, 0.25) is 0 Å². The number of fused-ring (bicyclic) bond motifs is 1. The first-order valence-electron chi connectivity index (χ1n) is 10.4. The Labute approximate surface area is 179 Å². The zero-order valence-electron chi connectivity index (χ0n) is 17.3. The second kappa shape index (κ2) is 8.89. The summed E-state index contributed by atoms with van der Waals surface area (Å²) in [6.07, 6.45) is 1.62. The molecule has 0 spiro atoms. The number of carboxylic acid groups (broad SMARTS) is 1. The molecule has 1 fully saturated rings. The Bertz CT molecular complexity index is 1090. The predicted octanol–water partition coefficient (Wildman–Crippen LogP) is 4.77. The molecule has 1 aliphatic rings. The topological polar surface area (TPSA) is 91.7 Å². The van der Waals surface area contributed by atoms with Gasteiger partial charge in [0.15, 0.2) is 0 Å². The van der Waals surface area contributed by atoms with Crippen LogP contribution in [-0.4, -0.2) is 40.9 Å². The summed E-state index contributed by atoms with van der Waals surface area (Å²) in [5, 5.41) is 23.4. The Morgan fingerprint density at radius 3 is 2.61 bits per heavy atom. The van der Waals surface area contributed by atoms with Gasteiger partial charge in [-0.25, -0.2) is 9.37 Å². The number of aromatic nitrogens is 1. The van der Waals surface area contributed by atoms with Crippen LogP contribution in [0.4, 0.5) is 10.2 Å². The molecular weight excluding hydrogens is 399 g/mol. The molecule has 3 N–H and O–H groups in total. The first-order chi connectivity index (χ1) is 14.9. The lowest BCUT2D eigenvalue weighted by atomic mass is 9.84. The monoisotopic (exact) mass is 424 g/mol. The minimum absolute atomic E-state index is 0.0914.